The molecular weight excluding hydrogens is 198 g/mol. The highest BCUT2D eigenvalue weighted by molar-refractivity contribution is 5.81. The van der Waals surface area contributed by atoms with Gasteiger partial charge in [0.15, 0.2) is 0 Å². The summed E-state index contributed by atoms with van der Waals surface area (Å²) in [5.74, 6) is 0.174. The Morgan fingerprint density at radius 3 is 2.12 bits per heavy atom. The Morgan fingerprint density at radius 1 is 1.19 bits per heavy atom. The van der Waals surface area contributed by atoms with Crippen LogP contribution in [0.1, 0.15) is 31.9 Å². The Hall–Kier alpha value is -1.31. The first kappa shape index (κ1) is 12.8. The molecule has 0 unspecified atom stereocenters. The zero-order valence-corrected chi connectivity index (χ0v) is 10.9. The second-order valence-corrected chi connectivity index (χ2v) is 5.40. The molecule has 1 aromatic rings. The summed E-state index contributed by atoms with van der Waals surface area (Å²) in [6, 6.07) is 8.29. The van der Waals surface area contributed by atoms with Gasteiger partial charge in [-0.1, -0.05) is 50.6 Å². The van der Waals surface area contributed by atoms with E-state index in [1.165, 1.54) is 11.1 Å². The van der Waals surface area contributed by atoms with Gasteiger partial charge >= 0.3 is 0 Å². The van der Waals surface area contributed by atoms with Crippen molar-refractivity contribution in [3.63, 3.8) is 0 Å². The molecule has 0 N–H and O–H groups in total. The zero-order chi connectivity index (χ0) is 12.3. The van der Waals surface area contributed by atoms with Gasteiger partial charge in [-0.2, -0.15) is 0 Å². The number of nitrogens with zero attached hydrogens (tertiary/aromatic N) is 1. The van der Waals surface area contributed by atoms with Gasteiger partial charge in [0.25, 0.3) is 0 Å². The van der Waals surface area contributed by atoms with Crippen molar-refractivity contribution in [3.8, 4) is 0 Å². The van der Waals surface area contributed by atoms with Crippen molar-refractivity contribution in [3.05, 3.63) is 35.4 Å². The van der Waals surface area contributed by atoms with Gasteiger partial charge < -0.3 is 4.90 Å². The Bertz CT molecular complexity index is 359. The van der Waals surface area contributed by atoms with Crippen LogP contribution < -0.4 is 0 Å². The monoisotopic (exact) mass is 219 g/mol. The van der Waals surface area contributed by atoms with Crippen LogP contribution in [-0.2, 0) is 11.3 Å². The van der Waals surface area contributed by atoms with Gasteiger partial charge in [0.2, 0.25) is 5.91 Å². The van der Waals surface area contributed by atoms with Crippen molar-refractivity contribution in [2.45, 2.75) is 34.2 Å². The Morgan fingerprint density at radius 2 is 1.69 bits per heavy atom. The van der Waals surface area contributed by atoms with E-state index in [9.17, 15) is 4.79 Å². The van der Waals surface area contributed by atoms with Crippen LogP contribution in [0.4, 0.5) is 0 Å². The lowest BCUT2D eigenvalue weighted by Crippen LogP contribution is -2.36. The van der Waals surface area contributed by atoms with E-state index in [4.69, 9.17) is 0 Å². The number of rotatable bonds is 2. The van der Waals surface area contributed by atoms with E-state index >= 15 is 0 Å². The van der Waals surface area contributed by atoms with Crippen molar-refractivity contribution in [2.24, 2.45) is 5.41 Å². The van der Waals surface area contributed by atoms with Crippen LogP contribution in [0.25, 0.3) is 0 Å². The summed E-state index contributed by atoms with van der Waals surface area (Å²) in [5.41, 5.74) is 2.11. The van der Waals surface area contributed by atoms with Gasteiger partial charge in [0.1, 0.15) is 0 Å². The van der Waals surface area contributed by atoms with Crippen molar-refractivity contribution < 1.29 is 4.79 Å². The molecular formula is C14H21NO. The number of hydrogen-bond acceptors (Lipinski definition) is 1. The number of amides is 1. The maximum absolute atomic E-state index is 12.0. The van der Waals surface area contributed by atoms with Gasteiger partial charge in [-0.3, -0.25) is 4.79 Å². The lowest BCUT2D eigenvalue weighted by Gasteiger charge is -2.26. The molecule has 0 atom stereocenters. The van der Waals surface area contributed by atoms with Gasteiger partial charge in [-0.05, 0) is 12.5 Å². The topological polar surface area (TPSA) is 20.3 Å². The molecule has 16 heavy (non-hydrogen) atoms. The first-order valence-corrected chi connectivity index (χ1v) is 5.62. The minimum absolute atomic E-state index is 0.174. The average molecular weight is 219 g/mol. The molecule has 0 aliphatic rings. The predicted octanol–water partition coefficient (Wildman–Crippen LogP) is 3.00. The lowest BCUT2D eigenvalue weighted by molar-refractivity contribution is -0.138. The molecule has 0 aliphatic carbocycles. The summed E-state index contributed by atoms with van der Waals surface area (Å²) in [5, 5.41) is 0. The Kier molecular flexibility index (Phi) is 3.74. The molecule has 2 nitrogen and oxygen atoms in total. The quantitative estimate of drug-likeness (QED) is 0.748. The van der Waals surface area contributed by atoms with E-state index in [0.717, 1.165) is 0 Å². The van der Waals surface area contributed by atoms with Crippen LogP contribution in [0.2, 0.25) is 0 Å². The van der Waals surface area contributed by atoms with E-state index in [1.807, 2.05) is 27.8 Å². The summed E-state index contributed by atoms with van der Waals surface area (Å²) in [7, 11) is 1.85. The highest BCUT2D eigenvalue weighted by Crippen LogP contribution is 2.18. The highest BCUT2D eigenvalue weighted by atomic mass is 16.2. The van der Waals surface area contributed by atoms with Gasteiger partial charge in [-0.15, -0.1) is 0 Å². The van der Waals surface area contributed by atoms with E-state index in [0.29, 0.717) is 6.54 Å². The SMILES string of the molecule is Cc1ccc(CN(C)C(=O)C(C)(C)C)cc1. The second kappa shape index (κ2) is 4.69. The molecule has 1 aromatic carbocycles. The third-order valence-electron chi connectivity index (χ3n) is 2.53. The number of benzene rings is 1. The second-order valence-electron chi connectivity index (χ2n) is 5.40. The number of carbonyl (C=O) groups is 1. The summed E-state index contributed by atoms with van der Waals surface area (Å²) < 4.78 is 0. The van der Waals surface area contributed by atoms with Gasteiger partial charge in [-0.25, -0.2) is 0 Å². The van der Waals surface area contributed by atoms with E-state index < -0.39 is 0 Å². The molecule has 0 saturated heterocycles. The van der Waals surface area contributed by atoms with Crippen LogP contribution in [0.5, 0.6) is 0 Å². The molecule has 0 aromatic heterocycles. The minimum Gasteiger partial charge on any atom is -0.341 e. The van der Waals surface area contributed by atoms with E-state index in [2.05, 4.69) is 31.2 Å². The fourth-order valence-corrected chi connectivity index (χ4v) is 1.61. The summed E-state index contributed by atoms with van der Waals surface area (Å²) in [6.07, 6.45) is 0. The number of hydrogen-bond donors (Lipinski definition) is 0. The number of aryl methyl sites for hydroxylation is 1. The number of carbonyl (C=O) groups excluding carboxylic acids is 1. The van der Waals surface area contributed by atoms with Crippen LogP contribution >= 0.6 is 0 Å². The summed E-state index contributed by atoms with van der Waals surface area (Å²) in [6.45, 7) is 8.58. The largest absolute Gasteiger partial charge is 0.341 e. The predicted molar refractivity (Wildman–Crippen MR) is 67.1 cm³/mol. The molecule has 1 rings (SSSR count). The maximum Gasteiger partial charge on any atom is 0.227 e. The van der Waals surface area contributed by atoms with Crippen LogP contribution in [0.15, 0.2) is 24.3 Å². The smallest absolute Gasteiger partial charge is 0.227 e. The van der Waals surface area contributed by atoms with Crippen molar-refractivity contribution in [2.75, 3.05) is 7.05 Å². The van der Waals surface area contributed by atoms with Crippen molar-refractivity contribution in [1.29, 1.82) is 0 Å². The molecule has 0 fully saturated rings. The first-order valence-electron chi connectivity index (χ1n) is 5.62. The third kappa shape index (κ3) is 3.37. The average Bonchev–Trinajstić information content (AvgIpc) is 2.19. The summed E-state index contributed by atoms with van der Waals surface area (Å²) in [4.78, 5) is 13.7. The van der Waals surface area contributed by atoms with Gasteiger partial charge in [0.05, 0.1) is 0 Å². The normalized spacial score (nSPS) is 11.3. The molecule has 0 aliphatic heterocycles. The molecule has 0 bridgehead atoms. The van der Waals surface area contributed by atoms with Crippen LogP contribution in [0.3, 0.4) is 0 Å². The molecule has 2 heteroatoms. The maximum atomic E-state index is 12.0. The van der Waals surface area contributed by atoms with E-state index in [-0.39, 0.29) is 11.3 Å². The van der Waals surface area contributed by atoms with Gasteiger partial charge in [0, 0.05) is 19.0 Å². The fourth-order valence-electron chi connectivity index (χ4n) is 1.61. The van der Waals surface area contributed by atoms with E-state index in [1.54, 1.807) is 4.90 Å². The molecule has 0 heterocycles. The highest BCUT2D eigenvalue weighted by Gasteiger charge is 2.24. The molecule has 88 valence electrons. The zero-order valence-electron chi connectivity index (χ0n) is 10.9. The molecule has 1 amide bonds. The van der Waals surface area contributed by atoms with Crippen molar-refractivity contribution in [1.82, 2.24) is 4.90 Å². The van der Waals surface area contributed by atoms with Crippen molar-refractivity contribution >= 4 is 5.91 Å². The first-order chi connectivity index (χ1) is 7.30. The third-order valence-corrected chi connectivity index (χ3v) is 2.53. The lowest BCUT2D eigenvalue weighted by atomic mass is 9.95. The molecule has 0 saturated carbocycles. The fraction of sp³-hybridized carbons (Fsp3) is 0.500. The molecule has 0 spiro atoms. The summed E-state index contributed by atoms with van der Waals surface area (Å²) >= 11 is 0. The van der Waals surface area contributed by atoms with Crippen LogP contribution in [-0.4, -0.2) is 17.9 Å². The Balaban J connectivity index is 2.68. The standard InChI is InChI=1S/C14H21NO/c1-11-6-8-12(9-7-11)10-15(5)13(16)14(2,3)4/h6-9H,10H2,1-5H3. The molecule has 0 radical (unpaired) electrons. The Labute approximate surface area is 98.3 Å². The minimum atomic E-state index is -0.306. The van der Waals surface area contributed by atoms with Crippen LogP contribution in [0, 0.1) is 12.3 Å².